The molecule has 1 atom stereocenters. The van der Waals surface area contributed by atoms with Crippen molar-refractivity contribution in [2.24, 2.45) is 11.8 Å². The van der Waals surface area contributed by atoms with E-state index in [2.05, 4.69) is 24.9 Å². The summed E-state index contributed by atoms with van der Waals surface area (Å²) >= 11 is 0. The Morgan fingerprint density at radius 1 is 1.15 bits per heavy atom. The van der Waals surface area contributed by atoms with Crippen molar-refractivity contribution in [3.63, 3.8) is 0 Å². The van der Waals surface area contributed by atoms with Crippen molar-refractivity contribution < 1.29 is 22.3 Å². The number of halogens is 1. The molecule has 1 aliphatic heterocycles. The van der Waals surface area contributed by atoms with E-state index in [4.69, 9.17) is 4.74 Å². The number of benzene rings is 1. The first-order valence-corrected chi connectivity index (χ1v) is 16.4. The number of hydrogen-bond acceptors (Lipinski definition) is 8. The van der Waals surface area contributed by atoms with Gasteiger partial charge in [0.05, 0.1) is 18.0 Å². The van der Waals surface area contributed by atoms with E-state index < -0.39 is 15.8 Å². The van der Waals surface area contributed by atoms with Crippen LogP contribution < -0.4 is 19.7 Å². The van der Waals surface area contributed by atoms with E-state index in [9.17, 15) is 17.6 Å². The zero-order valence-electron chi connectivity index (χ0n) is 24.5. The van der Waals surface area contributed by atoms with Crippen LogP contribution in [0.5, 0.6) is 11.5 Å². The average molecular weight is 591 g/mol. The molecule has 1 aromatic heterocycles. The van der Waals surface area contributed by atoms with Gasteiger partial charge in [-0.1, -0.05) is 0 Å². The second-order valence-electron chi connectivity index (χ2n) is 11.5. The molecule has 2 aromatic rings. The van der Waals surface area contributed by atoms with E-state index in [0.29, 0.717) is 29.9 Å². The highest BCUT2D eigenvalue weighted by Crippen LogP contribution is 2.35. The van der Waals surface area contributed by atoms with Crippen LogP contribution in [0.2, 0.25) is 0 Å². The molecule has 1 amide bonds. The third kappa shape index (κ3) is 8.59. The predicted octanol–water partition coefficient (Wildman–Crippen LogP) is 3.80. The molecule has 0 bridgehead atoms. The van der Waals surface area contributed by atoms with Crippen LogP contribution in [0.3, 0.4) is 0 Å². The summed E-state index contributed by atoms with van der Waals surface area (Å²) in [5.74, 6) is 1.55. The monoisotopic (exact) mass is 590 g/mol. The summed E-state index contributed by atoms with van der Waals surface area (Å²) < 4.78 is 46.1. The topological polar surface area (TPSA) is 117 Å². The number of amides is 1. The summed E-state index contributed by atoms with van der Waals surface area (Å²) in [5, 5.41) is 3.63. The van der Waals surface area contributed by atoms with Gasteiger partial charge in [0.2, 0.25) is 10.0 Å². The van der Waals surface area contributed by atoms with Crippen LogP contribution in [-0.4, -0.2) is 80.3 Å². The van der Waals surface area contributed by atoms with Crippen molar-refractivity contribution in [1.29, 1.82) is 0 Å². The molecule has 12 heteroatoms. The van der Waals surface area contributed by atoms with Crippen molar-refractivity contribution in [2.75, 3.05) is 43.9 Å². The maximum atomic E-state index is 14.2. The first kappa shape index (κ1) is 31.1. The van der Waals surface area contributed by atoms with Gasteiger partial charge < -0.3 is 19.9 Å². The molecule has 2 N–H and O–H groups in total. The van der Waals surface area contributed by atoms with Gasteiger partial charge in [0, 0.05) is 31.7 Å². The van der Waals surface area contributed by atoms with Gasteiger partial charge in [0.25, 0.3) is 5.91 Å². The standard InChI is InChI=1S/C29H43FN6O4S/c1-5-36(20(2)3)29(37)25-14-23(30)8-11-26(25)40-27-17-32-19-33-28(27)35-13-12-22(18-35)16-31-15-21-6-9-24(10-7-21)34-41(4,38)39/h8,11,14,17,19-22,24,31,34H,5-7,9-10,12-13,15-16,18H2,1-4H3/t21-,22-,24-/m0/s1. The second-order valence-corrected chi connectivity index (χ2v) is 13.3. The Hall–Kier alpha value is -2.83. The van der Waals surface area contributed by atoms with Crippen LogP contribution in [0.1, 0.15) is 63.2 Å². The first-order valence-electron chi connectivity index (χ1n) is 14.5. The molecule has 2 fully saturated rings. The number of sulfonamides is 1. The van der Waals surface area contributed by atoms with Crippen LogP contribution in [0.25, 0.3) is 0 Å². The summed E-state index contributed by atoms with van der Waals surface area (Å²) in [6, 6.07) is 4.00. The van der Waals surface area contributed by atoms with Crippen molar-refractivity contribution in [2.45, 2.75) is 65.0 Å². The van der Waals surface area contributed by atoms with Gasteiger partial charge in [-0.25, -0.2) is 27.5 Å². The molecule has 0 unspecified atom stereocenters. The molecule has 226 valence electrons. The highest BCUT2D eigenvalue weighted by Gasteiger charge is 2.28. The van der Waals surface area contributed by atoms with E-state index in [-0.39, 0.29) is 29.3 Å². The minimum Gasteiger partial charge on any atom is -0.451 e. The van der Waals surface area contributed by atoms with Gasteiger partial charge >= 0.3 is 0 Å². The quantitative estimate of drug-likeness (QED) is 0.384. The summed E-state index contributed by atoms with van der Waals surface area (Å²) in [6.45, 7) is 9.67. The SMILES string of the molecule is CCN(C(=O)c1cc(F)ccc1Oc1cncnc1N1CC[C@@H](CNC[C@H]2CC[C@H](NS(C)(=O)=O)CC2)C1)C(C)C. The molecule has 1 saturated carbocycles. The second kappa shape index (κ2) is 13.9. The number of nitrogens with zero attached hydrogens (tertiary/aromatic N) is 4. The smallest absolute Gasteiger partial charge is 0.257 e. The molecule has 2 heterocycles. The fourth-order valence-electron chi connectivity index (χ4n) is 5.87. The summed E-state index contributed by atoms with van der Waals surface area (Å²) in [4.78, 5) is 25.7. The lowest BCUT2D eigenvalue weighted by Gasteiger charge is -2.29. The molecule has 4 rings (SSSR count). The number of nitrogens with one attached hydrogen (secondary N) is 2. The number of hydrogen-bond donors (Lipinski definition) is 2. The average Bonchev–Trinajstić information content (AvgIpc) is 3.39. The first-order chi connectivity index (χ1) is 19.5. The molecule has 1 aliphatic carbocycles. The number of carbonyl (C=O) groups is 1. The van der Waals surface area contributed by atoms with Gasteiger partial charge in [-0.2, -0.15) is 0 Å². The molecule has 0 radical (unpaired) electrons. The maximum Gasteiger partial charge on any atom is 0.257 e. The minimum atomic E-state index is -3.15. The van der Waals surface area contributed by atoms with Gasteiger partial charge in [0.1, 0.15) is 17.9 Å². The number of aromatic nitrogens is 2. The van der Waals surface area contributed by atoms with Crippen molar-refractivity contribution >= 4 is 21.7 Å². The zero-order chi connectivity index (χ0) is 29.6. The Labute approximate surface area is 243 Å². The molecular formula is C29H43FN6O4S. The fourth-order valence-corrected chi connectivity index (χ4v) is 6.71. The third-order valence-electron chi connectivity index (χ3n) is 7.95. The van der Waals surface area contributed by atoms with Crippen LogP contribution in [-0.2, 0) is 10.0 Å². The predicted molar refractivity (Wildman–Crippen MR) is 157 cm³/mol. The van der Waals surface area contributed by atoms with Crippen molar-refractivity contribution in [3.8, 4) is 11.5 Å². The Balaban J connectivity index is 1.34. The molecule has 2 aliphatic rings. The fraction of sp³-hybridized carbons (Fsp3) is 0.621. The lowest BCUT2D eigenvalue weighted by Crippen LogP contribution is -2.39. The Bertz CT molecular complexity index is 1290. The number of ether oxygens (including phenoxy) is 1. The normalized spacial score (nSPS) is 21.3. The van der Waals surface area contributed by atoms with Gasteiger partial charge in [-0.3, -0.25) is 4.79 Å². The van der Waals surface area contributed by atoms with E-state index in [0.717, 1.165) is 58.3 Å². The van der Waals surface area contributed by atoms with Crippen LogP contribution in [0.15, 0.2) is 30.7 Å². The summed E-state index contributed by atoms with van der Waals surface area (Å²) in [5.41, 5.74) is 0.167. The lowest BCUT2D eigenvalue weighted by atomic mass is 9.86. The van der Waals surface area contributed by atoms with E-state index in [1.54, 1.807) is 11.1 Å². The number of anilines is 1. The Kier molecular flexibility index (Phi) is 10.5. The molecule has 41 heavy (non-hydrogen) atoms. The van der Waals surface area contributed by atoms with Crippen molar-refractivity contribution in [1.82, 2.24) is 24.9 Å². The molecule has 10 nitrogen and oxygen atoms in total. The van der Waals surface area contributed by atoms with Gasteiger partial charge in [-0.15, -0.1) is 0 Å². The largest absolute Gasteiger partial charge is 0.451 e. The summed E-state index contributed by atoms with van der Waals surface area (Å²) in [6.07, 6.45) is 9.07. The van der Waals surface area contributed by atoms with E-state index in [1.807, 2.05) is 20.8 Å². The summed E-state index contributed by atoms with van der Waals surface area (Å²) in [7, 11) is -3.15. The molecule has 0 spiro atoms. The van der Waals surface area contributed by atoms with E-state index in [1.165, 1.54) is 30.8 Å². The third-order valence-corrected chi connectivity index (χ3v) is 8.72. The highest BCUT2D eigenvalue weighted by atomic mass is 32.2. The van der Waals surface area contributed by atoms with Crippen LogP contribution in [0, 0.1) is 17.7 Å². The molecular weight excluding hydrogens is 547 g/mol. The van der Waals surface area contributed by atoms with Crippen LogP contribution in [0.4, 0.5) is 10.2 Å². The highest BCUT2D eigenvalue weighted by molar-refractivity contribution is 7.88. The Morgan fingerprint density at radius 3 is 2.56 bits per heavy atom. The van der Waals surface area contributed by atoms with Gasteiger partial charge in [0.15, 0.2) is 11.6 Å². The zero-order valence-corrected chi connectivity index (χ0v) is 25.3. The maximum absolute atomic E-state index is 14.2. The lowest BCUT2D eigenvalue weighted by molar-refractivity contribution is 0.0713. The minimum absolute atomic E-state index is 0.0405. The van der Waals surface area contributed by atoms with Gasteiger partial charge in [-0.05, 0) is 96.0 Å². The molecule has 1 saturated heterocycles. The van der Waals surface area contributed by atoms with Crippen molar-refractivity contribution in [3.05, 3.63) is 42.1 Å². The molecule has 1 aromatic carbocycles. The number of carbonyl (C=O) groups excluding carboxylic acids is 1. The number of rotatable bonds is 12. The van der Waals surface area contributed by atoms with E-state index >= 15 is 0 Å². The Morgan fingerprint density at radius 2 is 1.88 bits per heavy atom. The van der Waals surface area contributed by atoms with Crippen LogP contribution >= 0.6 is 0 Å².